The van der Waals surface area contributed by atoms with E-state index in [-0.39, 0.29) is 5.65 Å². The van der Waals surface area contributed by atoms with Gasteiger partial charge in [-0.15, -0.1) is 5.10 Å². The summed E-state index contributed by atoms with van der Waals surface area (Å²) in [7, 11) is 1.87. The number of aryl methyl sites for hydroxylation is 2. The molecule has 1 aliphatic rings. The molecule has 31 heavy (non-hydrogen) atoms. The van der Waals surface area contributed by atoms with Gasteiger partial charge in [0.15, 0.2) is 11.5 Å². The van der Waals surface area contributed by atoms with Crippen LogP contribution in [0.25, 0.3) is 16.8 Å². The van der Waals surface area contributed by atoms with Crippen molar-refractivity contribution in [2.24, 2.45) is 7.05 Å². The first-order valence-electron chi connectivity index (χ1n) is 9.80. The zero-order valence-electron chi connectivity index (χ0n) is 17.0. The fourth-order valence-electron chi connectivity index (χ4n) is 3.90. The lowest BCUT2D eigenvalue weighted by molar-refractivity contribution is 0.146. The first kappa shape index (κ1) is 19.3. The van der Waals surface area contributed by atoms with Crippen LogP contribution < -0.4 is 10.5 Å². The lowest BCUT2D eigenvalue weighted by Gasteiger charge is -2.30. The van der Waals surface area contributed by atoms with Crippen molar-refractivity contribution < 1.29 is 8.78 Å². The highest BCUT2D eigenvalue weighted by Crippen LogP contribution is 2.28. The Morgan fingerprint density at radius 3 is 2.71 bits per heavy atom. The molecule has 10 heteroatoms. The van der Waals surface area contributed by atoms with Gasteiger partial charge in [0.2, 0.25) is 0 Å². The van der Waals surface area contributed by atoms with E-state index in [0.29, 0.717) is 18.9 Å². The number of anilines is 1. The second-order valence-corrected chi connectivity index (χ2v) is 7.64. The van der Waals surface area contributed by atoms with Crippen LogP contribution in [-0.2, 0) is 20.0 Å². The van der Waals surface area contributed by atoms with E-state index in [1.54, 1.807) is 16.9 Å². The molecule has 0 radical (unpaired) electrons. The summed E-state index contributed by atoms with van der Waals surface area (Å²) in [6, 6.07) is 4.55. The van der Waals surface area contributed by atoms with Gasteiger partial charge in [-0.25, -0.2) is 13.8 Å². The van der Waals surface area contributed by atoms with Crippen molar-refractivity contribution in [1.29, 1.82) is 0 Å². The highest BCUT2D eigenvalue weighted by molar-refractivity contribution is 5.63. The highest BCUT2D eigenvalue weighted by Gasteiger charge is 2.22. The highest BCUT2D eigenvalue weighted by atomic mass is 19.3. The van der Waals surface area contributed by atoms with Gasteiger partial charge in [-0.2, -0.15) is 9.61 Å². The summed E-state index contributed by atoms with van der Waals surface area (Å²) >= 11 is 0. The van der Waals surface area contributed by atoms with Crippen molar-refractivity contribution in [3.05, 3.63) is 69.7 Å². The Bertz CT molecular complexity index is 1360. The average molecular weight is 423 g/mol. The molecule has 0 fully saturated rings. The minimum atomic E-state index is -2.81. The third-order valence-corrected chi connectivity index (χ3v) is 5.43. The number of pyridine rings is 1. The van der Waals surface area contributed by atoms with E-state index in [1.165, 1.54) is 0 Å². The smallest absolute Gasteiger partial charge is 0.280 e. The first-order chi connectivity index (χ1) is 14.9. The van der Waals surface area contributed by atoms with E-state index in [2.05, 4.69) is 31.1 Å². The number of aromatic nitrogens is 6. The molecule has 0 saturated heterocycles. The fourth-order valence-corrected chi connectivity index (χ4v) is 3.90. The molecule has 0 saturated carbocycles. The Kier molecular flexibility index (Phi) is 4.49. The Labute approximate surface area is 175 Å². The monoisotopic (exact) mass is 423 g/mol. The summed E-state index contributed by atoms with van der Waals surface area (Å²) in [6.07, 6.45) is 3.52. The van der Waals surface area contributed by atoms with Crippen LogP contribution >= 0.6 is 0 Å². The summed E-state index contributed by atoms with van der Waals surface area (Å²) in [6.45, 7) is 3.10. The average Bonchev–Trinajstić information content (AvgIpc) is 3.18. The summed E-state index contributed by atoms with van der Waals surface area (Å²) in [5.41, 5.74) is 3.79. The maximum Gasteiger partial charge on any atom is 0.280 e. The normalized spacial score (nSPS) is 13.8. The third kappa shape index (κ3) is 3.43. The van der Waals surface area contributed by atoms with Gasteiger partial charge < -0.3 is 4.90 Å². The van der Waals surface area contributed by atoms with Gasteiger partial charge in [-0.05, 0) is 30.2 Å². The molecule has 0 unspecified atom stereocenters. The number of alkyl halides is 2. The third-order valence-electron chi connectivity index (χ3n) is 5.43. The molecular weight excluding hydrogens is 404 g/mol. The molecule has 0 spiro atoms. The molecule has 0 aromatic carbocycles. The van der Waals surface area contributed by atoms with Crippen molar-refractivity contribution in [2.45, 2.75) is 26.3 Å². The summed E-state index contributed by atoms with van der Waals surface area (Å²) in [4.78, 5) is 22.9. The fraction of sp³-hybridized carbons (Fsp3) is 0.286. The molecule has 0 N–H and O–H groups in total. The van der Waals surface area contributed by atoms with Crippen molar-refractivity contribution >= 4 is 11.5 Å². The van der Waals surface area contributed by atoms with Crippen LogP contribution in [0.15, 0.2) is 41.6 Å². The standard InChI is InChI=1S/C21H19F2N7O/c1-12-5-18-26-17(20(22)23)7-19(31)30(18)27-21(12)29-4-3-16-14(11-29)6-13(8-24-16)15-9-25-28(2)10-15/h5-10,20H,3-4,11H2,1-2H3. The van der Waals surface area contributed by atoms with Gasteiger partial charge in [-0.3, -0.25) is 14.5 Å². The quantitative estimate of drug-likeness (QED) is 0.504. The zero-order valence-corrected chi connectivity index (χ0v) is 17.0. The molecule has 0 amide bonds. The maximum atomic E-state index is 13.0. The minimum Gasteiger partial charge on any atom is -0.350 e. The molecule has 4 aromatic heterocycles. The summed E-state index contributed by atoms with van der Waals surface area (Å²) in [5, 5.41) is 8.66. The van der Waals surface area contributed by atoms with Gasteiger partial charge in [-0.1, -0.05) is 0 Å². The Balaban J connectivity index is 1.52. The van der Waals surface area contributed by atoms with E-state index in [1.807, 2.05) is 26.4 Å². The SMILES string of the molecule is Cc1cc2nc(C(F)F)cc(=O)n2nc1N1CCc2ncc(-c3cnn(C)c3)cc2C1. The maximum absolute atomic E-state index is 13.0. The van der Waals surface area contributed by atoms with E-state index in [0.717, 1.165) is 45.0 Å². The minimum absolute atomic E-state index is 0.113. The topological polar surface area (TPSA) is 81.2 Å². The molecule has 0 atom stereocenters. The predicted molar refractivity (Wildman–Crippen MR) is 110 cm³/mol. The van der Waals surface area contributed by atoms with Gasteiger partial charge in [0.05, 0.1) is 6.20 Å². The molecule has 158 valence electrons. The second kappa shape index (κ2) is 7.22. The number of hydrogen-bond donors (Lipinski definition) is 0. The van der Waals surface area contributed by atoms with Crippen LogP contribution in [0, 0.1) is 6.92 Å². The number of halogens is 2. The lowest BCUT2D eigenvalue weighted by atomic mass is 10.0. The first-order valence-corrected chi connectivity index (χ1v) is 9.80. The Hall–Kier alpha value is -3.69. The zero-order chi connectivity index (χ0) is 21.7. The number of nitrogens with zero attached hydrogens (tertiary/aromatic N) is 7. The van der Waals surface area contributed by atoms with Gasteiger partial charge in [0, 0.05) is 61.8 Å². The lowest BCUT2D eigenvalue weighted by Crippen LogP contribution is -2.33. The van der Waals surface area contributed by atoms with E-state index in [4.69, 9.17) is 0 Å². The van der Waals surface area contributed by atoms with Gasteiger partial charge in [0.25, 0.3) is 12.0 Å². The molecule has 5 rings (SSSR count). The van der Waals surface area contributed by atoms with E-state index < -0.39 is 17.7 Å². The van der Waals surface area contributed by atoms with Crippen LogP contribution in [0.1, 0.15) is 28.9 Å². The number of hydrogen-bond acceptors (Lipinski definition) is 6. The van der Waals surface area contributed by atoms with Crippen molar-refractivity contribution in [3.63, 3.8) is 0 Å². The molecular formula is C21H19F2N7O. The molecule has 5 heterocycles. The van der Waals surface area contributed by atoms with E-state index in [9.17, 15) is 13.6 Å². The number of rotatable bonds is 3. The molecule has 0 bridgehead atoms. The summed E-state index contributed by atoms with van der Waals surface area (Å²) < 4.78 is 28.8. The predicted octanol–water partition coefficient (Wildman–Crippen LogP) is 2.69. The molecule has 1 aliphatic heterocycles. The number of fused-ring (bicyclic) bond motifs is 2. The second-order valence-electron chi connectivity index (χ2n) is 7.64. The van der Waals surface area contributed by atoms with Crippen molar-refractivity contribution in [2.75, 3.05) is 11.4 Å². The van der Waals surface area contributed by atoms with Gasteiger partial charge >= 0.3 is 0 Å². The van der Waals surface area contributed by atoms with Gasteiger partial charge in [0.1, 0.15) is 5.69 Å². The van der Waals surface area contributed by atoms with Crippen LogP contribution in [0.4, 0.5) is 14.6 Å². The van der Waals surface area contributed by atoms with Crippen LogP contribution in [-0.4, -0.2) is 35.9 Å². The molecule has 4 aromatic rings. The van der Waals surface area contributed by atoms with Crippen LogP contribution in [0.3, 0.4) is 0 Å². The summed E-state index contributed by atoms with van der Waals surface area (Å²) in [5.74, 6) is 0.624. The van der Waals surface area contributed by atoms with Crippen molar-refractivity contribution in [3.8, 4) is 11.1 Å². The van der Waals surface area contributed by atoms with Crippen LogP contribution in [0.2, 0.25) is 0 Å². The molecule has 0 aliphatic carbocycles. The van der Waals surface area contributed by atoms with Crippen LogP contribution in [0.5, 0.6) is 0 Å². The Morgan fingerprint density at radius 1 is 1.13 bits per heavy atom. The molecule has 8 nitrogen and oxygen atoms in total. The Morgan fingerprint density at radius 2 is 1.97 bits per heavy atom. The van der Waals surface area contributed by atoms with E-state index >= 15 is 0 Å². The largest absolute Gasteiger partial charge is 0.350 e. The van der Waals surface area contributed by atoms with Crippen molar-refractivity contribution in [1.82, 2.24) is 29.4 Å².